The number of benzene rings is 2. The van der Waals surface area contributed by atoms with Gasteiger partial charge in [0.25, 0.3) is 0 Å². The molecule has 3 rings (SSSR count). The van der Waals surface area contributed by atoms with Crippen LogP contribution in [-0.2, 0) is 0 Å². The van der Waals surface area contributed by atoms with Gasteiger partial charge in [-0.1, -0.05) is 42.0 Å². The van der Waals surface area contributed by atoms with E-state index in [1.807, 2.05) is 30.5 Å². The van der Waals surface area contributed by atoms with Crippen LogP contribution in [0.3, 0.4) is 0 Å². The number of nitriles is 1. The third-order valence-electron chi connectivity index (χ3n) is 3.66. The monoisotopic (exact) mass is 322 g/mol. The zero-order valence-electron chi connectivity index (χ0n) is 12.6. The minimum absolute atomic E-state index is 0.0427. The van der Waals surface area contributed by atoms with Crippen LogP contribution in [0.1, 0.15) is 27.6 Å². The van der Waals surface area contributed by atoms with Crippen LogP contribution < -0.4 is 5.32 Å². The molecule has 1 N–H and O–H groups in total. The van der Waals surface area contributed by atoms with Gasteiger partial charge in [-0.3, -0.25) is 0 Å². The van der Waals surface area contributed by atoms with Crippen molar-refractivity contribution in [2.24, 2.45) is 0 Å². The van der Waals surface area contributed by atoms with Crippen LogP contribution in [0.15, 0.2) is 60.0 Å². The Hall–Kier alpha value is -2.64. The normalized spacial score (nSPS) is 11.7. The number of halogens is 1. The lowest BCUT2D eigenvalue weighted by atomic mass is 10.0. The average molecular weight is 322 g/mol. The fourth-order valence-electron chi connectivity index (χ4n) is 2.45. The minimum atomic E-state index is -0.508. The molecule has 2 aromatic carbocycles. The first-order valence-electron chi connectivity index (χ1n) is 7.24. The Morgan fingerprint density at radius 1 is 1.09 bits per heavy atom. The van der Waals surface area contributed by atoms with Crippen LogP contribution in [0.2, 0.25) is 0 Å². The Balaban J connectivity index is 2.03. The molecule has 0 spiro atoms. The topological polar surface area (TPSA) is 35.8 Å². The van der Waals surface area contributed by atoms with Gasteiger partial charge >= 0.3 is 0 Å². The van der Waals surface area contributed by atoms with Crippen molar-refractivity contribution in [1.82, 2.24) is 0 Å². The van der Waals surface area contributed by atoms with E-state index < -0.39 is 5.82 Å². The van der Waals surface area contributed by atoms with Gasteiger partial charge in [-0.05, 0) is 36.1 Å². The van der Waals surface area contributed by atoms with Crippen LogP contribution in [0, 0.1) is 24.1 Å². The molecule has 0 fully saturated rings. The molecule has 3 aromatic rings. The summed E-state index contributed by atoms with van der Waals surface area (Å²) >= 11 is 1.63. The van der Waals surface area contributed by atoms with Crippen molar-refractivity contribution in [2.75, 3.05) is 5.32 Å². The molecule has 0 saturated carbocycles. The van der Waals surface area contributed by atoms with Crippen molar-refractivity contribution in [3.8, 4) is 6.07 Å². The lowest BCUT2D eigenvalue weighted by Gasteiger charge is -2.20. The third kappa shape index (κ3) is 3.25. The number of hydrogen-bond acceptors (Lipinski definition) is 3. The fraction of sp³-hybridized carbons (Fsp3) is 0.105. The van der Waals surface area contributed by atoms with Crippen molar-refractivity contribution in [2.45, 2.75) is 13.0 Å². The molecule has 1 aromatic heterocycles. The van der Waals surface area contributed by atoms with Gasteiger partial charge in [0.15, 0.2) is 0 Å². The number of hydrogen-bond donors (Lipinski definition) is 1. The molecule has 0 aliphatic heterocycles. The molecule has 2 nitrogen and oxygen atoms in total. The second-order valence-electron chi connectivity index (χ2n) is 5.28. The Morgan fingerprint density at radius 2 is 1.87 bits per heavy atom. The van der Waals surface area contributed by atoms with Crippen LogP contribution in [-0.4, -0.2) is 0 Å². The standard InChI is InChI=1S/C19H15FN2S/c1-13-7-9-14(10-8-13)19(18-6-3-11-23-18)22-17-5-2-4-16(20)15(17)12-21/h2-11,19,22H,1H3/t19-/m1/s1. The first-order chi connectivity index (χ1) is 11.2. The Bertz CT molecular complexity index is 833. The predicted molar refractivity (Wildman–Crippen MR) is 92.1 cm³/mol. The first-order valence-corrected chi connectivity index (χ1v) is 8.12. The van der Waals surface area contributed by atoms with Gasteiger partial charge in [-0.15, -0.1) is 11.3 Å². The highest BCUT2D eigenvalue weighted by molar-refractivity contribution is 7.10. The molecule has 1 heterocycles. The van der Waals surface area contributed by atoms with E-state index in [0.717, 1.165) is 10.4 Å². The highest BCUT2D eigenvalue weighted by Gasteiger charge is 2.17. The maximum absolute atomic E-state index is 13.8. The van der Waals surface area contributed by atoms with Crippen molar-refractivity contribution in [3.63, 3.8) is 0 Å². The molecule has 23 heavy (non-hydrogen) atoms. The lowest BCUT2D eigenvalue weighted by molar-refractivity contribution is 0.624. The van der Waals surface area contributed by atoms with Gasteiger partial charge in [0.1, 0.15) is 17.4 Å². The van der Waals surface area contributed by atoms with Gasteiger partial charge < -0.3 is 5.32 Å². The number of rotatable bonds is 4. The van der Waals surface area contributed by atoms with E-state index in [1.165, 1.54) is 11.6 Å². The van der Waals surface area contributed by atoms with Crippen LogP contribution in [0.4, 0.5) is 10.1 Å². The molecular formula is C19H15FN2S. The summed E-state index contributed by atoms with van der Waals surface area (Å²) in [6.07, 6.45) is 0. The van der Waals surface area contributed by atoms with Crippen molar-refractivity contribution in [3.05, 3.63) is 87.4 Å². The summed E-state index contributed by atoms with van der Waals surface area (Å²) < 4.78 is 13.8. The van der Waals surface area contributed by atoms with Crippen molar-refractivity contribution in [1.29, 1.82) is 5.26 Å². The van der Waals surface area contributed by atoms with E-state index in [2.05, 4.69) is 29.6 Å². The molecule has 114 valence electrons. The molecule has 0 aliphatic carbocycles. The van der Waals surface area contributed by atoms with E-state index >= 15 is 0 Å². The predicted octanol–water partition coefficient (Wildman–Crippen LogP) is 5.27. The van der Waals surface area contributed by atoms with E-state index in [-0.39, 0.29) is 11.6 Å². The summed E-state index contributed by atoms with van der Waals surface area (Å²) in [6.45, 7) is 2.04. The Labute approximate surface area is 138 Å². The number of anilines is 1. The maximum atomic E-state index is 13.8. The van der Waals surface area contributed by atoms with Crippen LogP contribution in [0.5, 0.6) is 0 Å². The highest BCUT2D eigenvalue weighted by atomic mass is 32.1. The number of nitrogens with zero attached hydrogens (tertiary/aromatic N) is 1. The summed E-state index contributed by atoms with van der Waals surface area (Å²) in [6, 6.07) is 18.7. The molecule has 0 radical (unpaired) electrons. The van der Waals surface area contributed by atoms with Gasteiger partial charge in [0.2, 0.25) is 0 Å². The van der Waals surface area contributed by atoms with E-state index in [4.69, 9.17) is 0 Å². The van der Waals surface area contributed by atoms with E-state index in [0.29, 0.717) is 5.69 Å². The molecule has 1 atom stereocenters. The Kier molecular flexibility index (Phi) is 4.40. The Morgan fingerprint density at radius 3 is 2.52 bits per heavy atom. The molecule has 4 heteroatoms. The summed E-state index contributed by atoms with van der Waals surface area (Å²) in [5, 5.41) is 14.6. The van der Waals surface area contributed by atoms with Gasteiger partial charge in [0.05, 0.1) is 11.7 Å². The zero-order chi connectivity index (χ0) is 16.2. The SMILES string of the molecule is Cc1ccc([C@@H](Nc2cccc(F)c2C#N)c2cccs2)cc1. The highest BCUT2D eigenvalue weighted by Crippen LogP contribution is 2.31. The number of nitrogens with one attached hydrogen (secondary N) is 1. The summed E-state index contributed by atoms with van der Waals surface area (Å²) in [5.74, 6) is -0.508. The van der Waals surface area contributed by atoms with Crippen molar-refractivity contribution >= 4 is 17.0 Å². The van der Waals surface area contributed by atoms with Gasteiger partial charge in [-0.2, -0.15) is 5.26 Å². The second-order valence-corrected chi connectivity index (χ2v) is 6.26. The summed E-state index contributed by atoms with van der Waals surface area (Å²) in [7, 11) is 0. The molecule has 0 amide bonds. The molecule has 0 unspecified atom stereocenters. The third-order valence-corrected chi connectivity index (χ3v) is 4.60. The largest absolute Gasteiger partial charge is 0.372 e. The smallest absolute Gasteiger partial charge is 0.143 e. The second kappa shape index (κ2) is 6.64. The molecule has 0 bridgehead atoms. The van der Waals surface area contributed by atoms with Gasteiger partial charge in [-0.25, -0.2) is 4.39 Å². The molecule has 0 aliphatic rings. The van der Waals surface area contributed by atoms with Crippen LogP contribution >= 0.6 is 11.3 Å². The first kappa shape index (κ1) is 15.3. The van der Waals surface area contributed by atoms with E-state index in [9.17, 15) is 9.65 Å². The van der Waals surface area contributed by atoms with Crippen molar-refractivity contribution < 1.29 is 4.39 Å². The number of aryl methyl sites for hydroxylation is 1. The zero-order valence-corrected chi connectivity index (χ0v) is 13.4. The molecular weight excluding hydrogens is 307 g/mol. The summed E-state index contributed by atoms with van der Waals surface area (Å²) in [5.41, 5.74) is 2.81. The fourth-order valence-corrected chi connectivity index (χ4v) is 3.25. The molecule has 0 saturated heterocycles. The van der Waals surface area contributed by atoms with Crippen LogP contribution in [0.25, 0.3) is 0 Å². The lowest BCUT2D eigenvalue weighted by Crippen LogP contribution is -2.12. The summed E-state index contributed by atoms with van der Waals surface area (Å²) in [4.78, 5) is 1.11. The quantitative estimate of drug-likeness (QED) is 0.710. The van der Waals surface area contributed by atoms with E-state index in [1.54, 1.807) is 23.5 Å². The van der Waals surface area contributed by atoms with Gasteiger partial charge in [0, 0.05) is 4.88 Å². The minimum Gasteiger partial charge on any atom is -0.372 e. The average Bonchev–Trinajstić information content (AvgIpc) is 3.08. The number of thiophene rings is 1. The maximum Gasteiger partial charge on any atom is 0.143 e.